The Morgan fingerprint density at radius 2 is 1.85 bits per heavy atom. The van der Waals surface area contributed by atoms with E-state index in [1.807, 2.05) is 37.3 Å². The van der Waals surface area contributed by atoms with Gasteiger partial charge in [0.05, 0.1) is 5.69 Å². The molecule has 0 spiro atoms. The third kappa shape index (κ3) is 3.00. The topological polar surface area (TPSA) is 4.93 Å². The van der Waals surface area contributed by atoms with Crippen LogP contribution in [0.1, 0.15) is 29.4 Å². The van der Waals surface area contributed by atoms with Crippen molar-refractivity contribution in [1.29, 1.82) is 0 Å². The molecule has 1 heterocycles. The fourth-order valence-corrected chi connectivity index (χ4v) is 2.41. The molecule has 20 heavy (non-hydrogen) atoms. The lowest BCUT2D eigenvalue weighted by Crippen LogP contribution is -1.98. The minimum absolute atomic E-state index is 1.11. The molecule has 104 valence electrons. The van der Waals surface area contributed by atoms with Gasteiger partial charge in [0.15, 0.2) is 0 Å². The van der Waals surface area contributed by atoms with Crippen LogP contribution in [0.25, 0.3) is 17.7 Å². The average molecular weight is 265 g/mol. The summed E-state index contributed by atoms with van der Waals surface area (Å²) in [5.41, 5.74) is 5.83. The van der Waals surface area contributed by atoms with Gasteiger partial charge in [-0.1, -0.05) is 62.3 Å². The molecule has 0 aromatic carbocycles. The summed E-state index contributed by atoms with van der Waals surface area (Å²) in [6.45, 7) is 15.6. The zero-order valence-electron chi connectivity index (χ0n) is 12.7. The van der Waals surface area contributed by atoms with Crippen molar-refractivity contribution in [3.63, 3.8) is 0 Å². The predicted octanol–water partition coefficient (Wildman–Crippen LogP) is 5.32. The lowest BCUT2D eigenvalue weighted by atomic mass is 10.0. The van der Waals surface area contributed by atoms with E-state index in [0.717, 1.165) is 11.3 Å². The summed E-state index contributed by atoms with van der Waals surface area (Å²) in [5, 5.41) is 0. The van der Waals surface area contributed by atoms with Crippen LogP contribution in [0, 0.1) is 6.92 Å². The third-order valence-corrected chi connectivity index (χ3v) is 3.24. The van der Waals surface area contributed by atoms with E-state index in [1.54, 1.807) is 12.2 Å². The number of aromatic nitrogens is 1. The second-order valence-electron chi connectivity index (χ2n) is 4.49. The van der Waals surface area contributed by atoms with E-state index in [1.165, 1.54) is 16.8 Å². The van der Waals surface area contributed by atoms with Crippen molar-refractivity contribution in [2.24, 2.45) is 7.05 Å². The van der Waals surface area contributed by atoms with E-state index in [2.05, 4.69) is 44.4 Å². The van der Waals surface area contributed by atoms with Gasteiger partial charge in [0.1, 0.15) is 0 Å². The van der Waals surface area contributed by atoms with Gasteiger partial charge in [-0.2, -0.15) is 0 Å². The Hall–Kier alpha value is -2.28. The first-order chi connectivity index (χ1) is 9.62. The standard InChI is InChI=1S/C19H23N/c1-7-11-14-16(12-8-2)19-15(5)17(10-4)18(13-9-3)20(19)6/h7-14H,1-2,4H2,3,5-6H3/b13-9-,14-11-,16-12+. The molecule has 0 aliphatic rings. The maximum absolute atomic E-state index is 3.94. The van der Waals surface area contributed by atoms with E-state index in [9.17, 15) is 0 Å². The summed E-state index contributed by atoms with van der Waals surface area (Å²) in [6.07, 6.45) is 15.6. The predicted molar refractivity (Wildman–Crippen MR) is 92.5 cm³/mol. The van der Waals surface area contributed by atoms with E-state index in [4.69, 9.17) is 0 Å². The molecule has 0 saturated heterocycles. The van der Waals surface area contributed by atoms with Crippen LogP contribution >= 0.6 is 0 Å². The number of nitrogens with zero attached hydrogens (tertiary/aromatic N) is 1. The van der Waals surface area contributed by atoms with Gasteiger partial charge < -0.3 is 4.57 Å². The van der Waals surface area contributed by atoms with Gasteiger partial charge in [0.2, 0.25) is 0 Å². The summed E-state index contributed by atoms with van der Waals surface area (Å²) in [4.78, 5) is 0. The maximum atomic E-state index is 3.94. The van der Waals surface area contributed by atoms with Gasteiger partial charge in [0.25, 0.3) is 0 Å². The minimum atomic E-state index is 1.11. The van der Waals surface area contributed by atoms with Gasteiger partial charge in [-0.25, -0.2) is 0 Å². The van der Waals surface area contributed by atoms with Crippen LogP contribution in [-0.4, -0.2) is 4.57 Å². The Bertz CT molecular complexity index is 604. The molecule has 1 aromatic heterocycles. The number of allylic oxidation sites excluding steroid dienone is 7. The Morgan fingerprint density at radius 1 is 1.15 bits per heavy atom. The lowest BCUT2D eigenvalue weighted by molar-refractivity contribution is 0.894. The molecule has 0 radical (unpaired) electrons. The van der Waals surface area contributed by atoms with Crippen LogP contribution in [0.15, 0.2) is 56.2 Å². The van der Waals surface area contributed by atoms with Crippen LogP contribution in [0.5, 0.6) is 0 Å². The second kappa shape index (κ2) is 7.34. The average Bonchev–Trinajstić information content (AvgIpc) is 2.67. The van der Waals surface area contributed by atoms with Crippen LogP contribution < -0.4 is 0 Å². The fraction of sp³-hybridized carbons (Fsp3) is 0.158. The highest BCUT2D eigenvalue weighted by atomic mass is 15.0. The summed E-state index contributed by atoms with van der Waals surface area (Å²) in [7, 11) is 2.07. The summed E-state index contributed by atoms with van der Waals surface area (Å²) < 4.78 is 2.19. The minimum Gasteiger partial charge on any atom is -0.343 e. The van der Waals surface area contributed by atoms with Gasteiger partial charge in [0, 0.05) is 18.3 Å². The molecule has 0 saturated carbocycles. The van der Waals surface area contributed by atoms with Crippen molar-refractivity contribution >= 4 is 17.7 Å². The summed E-state index contributed by atoms with van der Waals surface area (Å²) in [5.74, 6) is 0. The number of hydrogen-bond donors (Lipinski definition) is 0. The molecule has 0 aliphatic carbocycles. The van der Waals surface area contributed by atoms with Crippen molar-refractivity contribution in [1.82, 2.24) is 4.57 Å². The Kier molecular flexibility index (Phi) is 5.79. The Morgan fingerprint density at radius 3 is 2.35 bits per heavy atom. The number of hydrogen-bond acceptors (Lipinski definition) is 0. The maximum Gasteiger partial charge on any atom is 0.0518 e. The molecule has 1 aromatic rings. The molecule has 1 rings (SSSR count). The van der Waals surface area contributed by atoms with Crippen molar-refractivity contribution in [2.75, 3.05) is 0 Å². The van der Waals surface area contributed by atoms with Crippen LogP contribution in [0.4, 0.5) is 0 Å². The molecule has 0 unspecified atom stereocenters. The van der Waals surface area contributed by atoms with Crippen molar-refractivity contribution in [3.8, 4) is 0 Å². The molecule has 0 atom stereocenters. The van der Waals surface area contributed by atoms with Gasteiger partial charge in [-0.15, -0.1) is 0 Å². The SMILES string of the molecule is C=C/C=C\C(=C/C=C)c1c(C)c(C=C)c(/C=C\C)n1C. The highest BCUT2D eigenvalue weighted by Crippen LogP contribution is 2.30. The van der Waals surface area contributed by atoms with Crippen molar-refractivity contribution < 1.29 is 0 Å². The van der Waals surface area contributed by atoms with Crippen LogP contribution in [0.3, 0.4) is 0 Å². The smallest absolute Gasteiger partial charge is 0.0518 e. The van der Waals surface area contributed by atoms with Gasteiger partial charge in [-0.3, -0.25) is 0 Å². The molecular formula is C19H23N. The van der Waals surface area contributed by atoms with E-state index in [0.29, 0.717) is 0 Å². The fourth-order valence-electron chi connectivity index (χ4n) is 2.41. The molecule has 1 nitrogen and oxygen atoms in total. The molecule has 0 bridgehead atoms. The zero-order chi connectivity index (χ0) is 15.1. The molecule has 0 amide bonds. The summed E-state index contributed by atoms with van der Waals surface area (Å²) >= 11 is 0. The third-order valence-electron chi connectivity index (χ3n) is 3.24. The van der Waals surface area contributed by atoms with E-state index < -0.39 is 0 Å². The molecule has 1 heteroatoms. The van der Waals surface area contributed by atoms with E-state index in [-0.39, 0.29) is 0 Å². The quantitative estimate of drug-likeness (QED) is 0.613. The summed E-state index contributed by atoms with van der Waals surface area (Å²) in [6, 6.07) is 0. The van der Waals surface area contributed by atoms with Gasteiger partial charge in [-0.05, 0) is 31.1 Å². The van der Waals surface area contributed by atoms with Crippen LogP contribution in [-0.2, 0) is 7.05 Å². The molecule has 0 N–H and O–H groups in total. The molecule has 0 aliphatic heterocycles. The highest BCUT2D eigenvalue weighted by molar-refractivity contribution is 5.81. The van der Waals surface area contributed by atoms with E-state index >= 15 is 0 Å². The zero-order valence-corrected chi connectivity index (χ0v) is 12.7. The lowest BCUT2D eigenvalue weighted by Gasteiger charge is -2.07. The van der Waals surface area contributed by atoms with Crippen molar-refractivity contribution in [3.05, 3.63) is 78.7 Å². The normalized spacial score (nSPS) is 12.2. The van der Waals surface area contributed by atoms with Gasteiger partial charge >= 0.3 is 0 Å². The highest BCUT2D eigenvalue weighted by Gasteiger charge is 2.15. The molecular weight excluding hydrogens is 242 g/mol. The Labute approximate surface area is 122 Å². The van der Waals surface area contributed by atoms with Crippen LogP contribution in [0.2, 0.25) is 0 Å². The first-order valence-electron chi connectivity index (χ1n) is 6.68. The number of rotatable bonds is 6. The first kappa shape index (κ1) is 15.8. The second-order valence-corrected chi connectivity index (χ2v) is 4.49. The molecule has 0 fully saturated rings. The van der Waals surface area contributed by atoms with Crippen molar-refractivity contribution in [2.45, 2.75) is 13.8 Å². The largest absolute Gasteiger partial charge is 0.343 e. The monoisotopic (exact) mass is 265 g/mol. The first-order valence-corrected chi connectivity index (χ1v) is 6.68. The Balaban J connectivity index is 3.62.